The van der Waals surface area contributed by atoms with E-state index in [1.165, 1.54) is 12.1 Å². The van der Waals surface area contributed by atoms with Gasteiger partial charge in [0.25, 0.3) is 0 Å². The molecule has 1 aromatic carbocycles. The highest BCUT2D eigenvalue weighted by Crippen LogP contribution is 2.48. The molecule has 6 heteroatoms. The van der Waals surface area contributed by atoms with E-state index in [4.69, 9.17) is 11.6 Å². The number of halogens is 2. The molecule has 1 aliphatic carbocycles. The van der Waals surface area contributed by atoms with Gasteiger partial charge < -0.3 is 0 Å². The van der Waals surface area contributed by atoms with E-state index in [2.05, 4.69) is 20.7 Å². The molecule has 100 valence electrons. The van der Waals surface area contributed by atoms with Crippen LogP contribution in [0.4, 0.5) is 0 Å². The Balaban J connectivity index is 2.02. The lowest BCUT2D eigenvalue weighted by Gasteiger charge is -2.14. The molecule has 1 N–H and O–H groups in total. The SMILES string of the molecule is O=S(=O)(NCC1(CCBr)CC1)c1ccc(Cl)cc1. The zero-order valence-corrected chi connectivity index (χ0v) is 13.0. The minimum Gasteiger partial charge on any atom is -0.211 e. The third kappa shape index (κ3) is 3.47. The van der Waals surface area contributed by atoms with Crippen molar-refractivity contribution in [2.45, 2.75) is 24.2 Å². The maximum absolute atomic E-state index is 12.1. The number of sulfonamides is 1. The minimum atomic E-state index is -3.41. The van der Waals surface area contributed by atoms with E-state index in [-0.39, 0.29) is 10.3 Å². The molecule has 0 amide bonds. The first-order valence-corrected chi connectivity index (χ1v) is 8.77. The summed E-state index contributed by atoms with van der Waals surface area (Å²) in [5.41, 5.74) is 0.170. The van der Waals surface area contributed by atoms with Crippen LogP contribution in [0.2, 0.25) is 5.02 Å². The summed E-state index contributed by atoms with van der Waals surface area (Å²) in [6, 6.07) is 6.21. The zero-order chi connectivity index (χ0) is 13.2. The van der Waals surface area contributed by atoms with E-state index in [0.717, 1.165) is 24.6 Å². The van der Waals surface area contributed by atoms with E-state index in [1.54, 1.807) is 12.1 Å². The van der Waals surface area contributed by atoms with Crippen LogP contribution in [0, 0.1) is 5.41 Å². The summed E-state index contributed by atoms with van der Waals surface area (Å²) in [5, 5.41) is 1.45. The molecule has 0 heterocycles. The van der Waals surface area contributed by atoms with Crippen molar-refractivity contribution in [2.24, 2.45) is 5.41 Å². The maximum atomic E-state index is 12.1. The monoisotopic (exact) mass is 351 g/mol. The quantitative estimate of drug-likeness (QED) is 0.799. The number of hydrogen-bond donors (Lipinski definition) is 1. The number of hydrogen-bond acceptors (Lipinski definition) is 2. The van der Waals surface area contributed by atoms with Crippen LogP contribution in [0.5, 0.6) is 0 Å². The molecule has 0 atom stereocenters. The predicted octanol–water partition coefficient (Wildman–Crippen LogP) is 3.18. The number of nitrogens with one attached hydrogen (secondary N) is 1. The lowest BCUT2D eigenvalue weighted by atomic mass is 10.1. The van der Waals surface area contributed by atoms with Crippen molar-refractivity contribution in [3.05, 3.63) is 29.3 Å². The molecule has 0 aromatic heterocycles. The number of benzene rings is 1. The average molecular weight is 353 g/mol. The first-order valence-electron chi connectivity index (χ1n) is 5.79. The van der Waals surface area contributed by atoms with Gasteiger partial charge in [0.05, 0.1) is 4.90 Å². The van der Waals surface area contributed by atoms with Crippen molar-refractivity contribution in [1.82, 2.24) is 4.72 Å². The molecule has 0 unspecified atom stereocenters. The van der Waals surface area contributed by atoms with Crippen LogP contribution in [-0.2, 0) is 10.0 Å². The molecule has 0 saturated heterocycles. The van der Waals surface area contributed by atoms with Crippen molar-refractivity contribution < 1.29 is 8.42 Å². The normalized spacial score (nSPS) is 17.7. The highest BCUT2D eigenvalue weighted by atomic mass is 79.9. The second kappa shape index (κ2) is 5.49. The molecule has 3 nitrogen and oxygen atoms in total. The van der Waals surface area contributed by atoms with Gasteiger partial charge in [-0.3, -0.25) is 0 Å². The maximum Gasteiger partial charge on any atom is 0.240 e. The Bertz CT molecular complexity index is 511. The third-order valence-electron chi connectivity index (χ3n) is 3.34. The van der Waals surface area contributed by atoms with Gasteiger partial charge in [0.1, 0.15) is 0 Å². The molecular weight excluding hydrogens is 338 g/mol. The van der Waals surface area contributed by atoms with E-state index >= 15 is 0 Å². The summed E-state index contributed by atoms with van der Waals surface area (Å²) in [6.07, 6.45) is 3.21. The summed E-state index contributed by atoms with van der Waals surface area (Å²) < 4.78 is 26.8. The molecular formula is C12H15BrClNO2S. The number of rotatable bonds is 6. The van der Waals surface area contributed by atoms with Gasteiger partial charge in [-0.1, -0.05) is 27.5 Å². The Hall–Kier alpha value is -0.100. The molecule has 1 fully saturated rings. The Morgan fingerprint density at radius 3 is 2.39 bits per heavy atom. The number of alkyl halides is 1. The molecule has 18 heavy (non-hydrogen) atoms. The zero-order valence-electron chi connectivity index (χ0n) is 9.83. The fourth-order valence-electron chi connectivity index (χ4n) is 1.84. The fourth-order valence-corrected chi connectivity index (χ4v) is 3.96. The second-order valence-corrected chi connectivity index (χ2v) is 7.71. The molecule has 0 spiro atoms. The average Bonchev–Trinajstić information content (AvgIpc) is 3.08. The standard InChI is InChI=1S/C12H15BrClNO2S/c13-8-7-12(5-6-12)9-15-18(16,17)11-3-1-10(14)2-4-11/h1-4,15H,5-9H2. The van der Waals surface area contributed by atoms with Gasteiger partial charge in [-0.15, -0.1) is 0 Å². The summed E-state index contributed by atoms with van der Waals surface area (Å²) >= 11 is 9.15. The fraction of sp³-hybridized carbons (Fsp3) is 0.500. The lowest BCUT2D eigenvalue weighted by molar-refractivity contribution is 0.480. The smallest absolute Gasteiger partial charge is 0.211 e. The minimum absolute atomic E-state index is 0.170. The highest BCUT2D eigenvalue weighted by Gasteiger charge is 2.42. The van der Waals surface area contributed by atoms with Gasteiger partial charge in [-0.05, 0) is 48.9 Å². The third-order valence-corrected chi connectivity index (χ3v) is 5.41. The Kier molecular flexibility index (Phi) is 4.36. The molecule has 1 aliphatic rings. The first-order chi connectivity index (χ1) is 8.47. The van der Waals surface area contributed by atoms with E-state index < -0.39 is 10.0 Å². The van der Waals surface area contributed by atoms with Crippen molar-refractivity contribution >= 4 is 37.6 Å². The van der Waals surface area contributed by atoms with Crippen LogP contribution in [0.1, 0.15) is 19.3 Å². The van der Waals surface area contributed by atoms with Crippen LogP contribution in [-0.4, -0.2) is 20.3 Å². The van der Waals surface area contributed by atoms with E-state index in [9.17, 15) is 8.42 Å². The van der Waals surface area contributed by atoms with Crippen LogP contribution in [0.15, 0.2) is 29.2 Å². The van der Waals surface area contributed by atoms with Crippen molar-refractivity contribution in [1.29, 1.82) is 0 Å². The topological polar surface area (TPSA) is 46.2 Å². The van der Waals surface area contributed by atoms with Gasteiger partial charge in [0, 0.05) is 16.9 Å². The summed E-state index contributed by atoms with van der Waals surface area (Å²) in [4.78, 5) is 0.265. The Labute approximate surface area is 121 Å². The first kappa shape index (κ1) is 14.3. The molecule has 0 aliphatic heterocycles. The van der Waals surface area contributed by atoms with Crippen LogP contribution in [0.3, 0.4) is 0 Å². The van der Waals surface area contributed by atoms with Crippen LogP contribution in [0.25, 0.3) is 0 Å². The van der Waals surface area contributed by atoms with Crippen molar-refractivity contribution in [3.8, 4) is 0 Å². The summed E-state index contributed by atoms with van der Waals surface area (Å²) in [5.74, 6) is 0. The molecule has 1 saturated carbocycles. The molecule has 1 aromatic rings. The predicted molar refractivity (Wildman–Crippen MR) is 76.7 cm³/mol. The van der Waals surface area contributed by atoms with Gasteiger partial charge in [-0.2, -0.15) is 0 Å². The molecule has 0 radical (unpaired) electrons. The van der Waals surface area contributed by atoms with E-state index in [1.807, 2.05) is 0 Å². The largest absolute Gasteiger partial charge is 0.240 e. The van der Waals surface area contributed by atoms with Crippen molar-refractivity contribution in [3.63, 3.8) is 0 Å². The lowest BCUT2D eigenvalue weighted by Crippen LogP contribution is -2.30. The van der Waals surface area contributed by atoms with Gasteiger partial charge in [0.15, 0.2) is 0 Å². The summed E-state index contributed by atoms with van der Waals surface area (Å²) in [7, 11) is -3.41. The van der Waals surface area contributed by atoms with Crippen LogP contribution < -0.4 is 4.72 Å². The molecule has 0 bridgehead atoms. The molecule has 2 rings (SSSR count). The Morgan fingerprint density at radius 2 is 1.89 bits per heavy atom. The second-order valence-electron chi connectivity index (χ2n) is 4.72. The van der Waals surface area contributed by atoms with Crippen LogP contribution >= 0.6 is 27.5 Å². The van der Waals surface area contributed by atoms with Crippen molar-refractivity contribution in [2.75, 3.05) is 11.9 Å². The van der Waals surface area contributed by atoms with Gasteiger partial charge >= 0.3 is 0 Å². The summed E-state index contributed by atoms with van der Waals surface area (Å²) in [6.45, 7) is 0.517. The van der Waals surface area contributed by atoms with Gasteiger partial charge in [0.2, 0.25) is 10.0 Å². The highest BCUT2D eigenvalue weighted by molar-refractivity contribution is 9.09. The van der Waals surface area contributed by atoms with Gasteiger partial charge in [-0.25, -0.2) is 13.1 Å². The van der Waals surface area contributed by atoms with E-state index in [0.29, 0.717) is 11.6 Å². The Morgan fingerprint density at radius 1 is 1.28 bits per heavy atom.